The minimum absolute atomic E-state index is 0.0816. The van der Waals surface area contributed by atoms with Crippen LogP contribution in [0.5, 0.6) is 0 Å². The van der Waals surface area contributed by atoms with Crippen LogP contribution in [0.25, 0.3) is 0 Å². The van der Waals surface area contributed by atoms with Gasteiger partial charge in [0.15, 0.2) is 0 Å². The summed E-state index contributed by atoms with van der Waals surface area (Å²) in [5.41, 5.74) is 0.121. The largest absolute Gasteiger partial charge is 0.379 e. The molecule has 1 saturated heterocycles. The Bertz CT molecular complexity index is 700. The average molecular weight is 358 g/mol. The Hall–Kier alpha value is -1.51. The molecule has 0 aromatic heterocycles. The summed E-state index contributed by atoms with van der Waals surface area (Å²) in [4.78, 5) is 11.8. The number of morpholine rings is 1. The smallest absolute Gasteiger partial charge is 0.251 e. The van der Waals surface area contributed by atoms with Crippen molar-refractivity contribution in [3.63, 3.8) is 0 Å². The molecule has 1 amide bonds. The summed E-state index contributed by atoms with van der Waals surface area (Å²) in [6, 6.07) is 3.32. The van der Waals surface area contributed by atoms with E-state index in [2.05, 4.69) is 5.32 Å². The normalized spacial score (nSPS) is 17.7. The van der Waals surface area contributed by atoms with E-state index in [-0.39, 0.29) is 43.8 Å². The number of amides is 1. The number of benzene rings is 1. The zero-order valence-electron chi connectivity index (χ0n) is 14.1. The summed E-state index contributed by atoms with van der Waals surface area (Å²) in [6.07, 6.45) is 0. The topological polar surface area (TPSA) is 75.7 Å². The van der Waals surface area contributed by atoms with Crippen LogP contribution in [0, 0.1) is 11.7 Å². The van der Waals surface area contributed by atoms with Crippen molar-refractivity contribution in [3.05, 3.63) is 29.6 Å². The molecule has 2 rings (SSSR count). The van der Waals surface area contributed by atoms with Gasteiger partial charge in [0, 0.05) is 24.7 Å². The lowest BCUT2D eigenvalue weighted by atomic mass is 10.1. The number of nitrogens with one attached hydrogen (secondary N) is 1. The van der Waals surface area contributed by atoms with Crippen LogP contribution in [-0.2, 0) is 14.8 Å². The van der Waals surface area contributed by atoms with Crippen LogP contribution in [0.1, 0.15) is 31.1 Å². The van der Waals surface area contributed by atoms with E-state index in [0.717, 1.165) is 12.1 Å². The minimum Gasteiger partial charge on any atom is -0.379 e. The minimum atomic E-state index is -4.00. The van der Waals surface area contributed by atoms with Gasteiger partial charge in [-0.3, -0.25) is 4.79 Å². The van der Waals surface area contributed by atoms with E-state index >= 15 is 0 Å². The number of hydrogen-bond donors (Lipinski definition) is 1. The first kappa shape index (κ1) is 18.8. The lowest BCUT2D eigenvalue weighted by molar-refractivity contribution is 0.0729. The molecule has 0 aliphatic carbocycles. The Morgan fingerprint density at radius 2 is 1.88 bits per heavy atom. The maximum Gasteiger partial charge on any atom is 0.251 e. The van der Waals surface area contributed by atoms with Crippen molar-refractivity contribution in [1.29, 1.82) is 0 Å². The molecule has 0 radical (unpaired) electrons. The number of sulfonamides is 1. The van der Waals surface area contributed by atoms with Gasteiger partial charge in [0.1, 0.15) is 10.7 Å². The Kier molecular flexibility index (Phi) is 5.95. The zero-order valence-corrected chi connectivity index (χ0v) is 14.9. The molecular weight excluding hydrogens is 335 g/mol. The molecule has 1 aromatic carbocycles. The van der Waals surface area contributed by atoms with Crippen molar-refractivity contribution < 1.29 is 22.3 Å². The van der Waals surface area contributed by atoms with Crippen molar-refractivity contribution in [2.75, 3.05) is 26.3 Å². The van der Waals surface area contributed by atoms with Gasteiger partial charge in [-0.2, -0.15) is 4.31 Å². The number of carbonyl (C=O) groups excluding carboxylic acids is 1. The van der Waals surface area contributed by atoms with E-state index in [0.29, 0.717) is 0 Å². The molecule has 1 unspecified atom stereocenters. The van der Waals surface area contributed by atoms with Crippen molar-refractivity contribution >= 4 is 15.9 Å². The van der Waals surface area contributed by atoms with Gasteiger partial charge in [-0.1, -0.05) is 13.8 Å². The number of nitrogens with zero attached hydrogens (tertiary/aromatic N) is 1. The fraction of sp³-hybridized carbons (Fsp3) is 0.562. The maximum atomic E-state index is 14.1. The fourth-order valence-corrected chi connectivity index (χ4v) is 3.72. The summed E-state index contributed by atoms with van der Waals surface area (Å²) in [7, 11) is -4.00. The molecule has 1 aliphatic rings. The van der Waals surface area contributed by atoms with Crippen molar-refractivity contribution in [3.8, 4) is 0 Å². The van der Waals surface area contributed by atoms with Crippen molar-refractivity contribution in [1.82, 2.24) is 9.62 Å². The van der Waals surface area contributed by atoms with Crippen LogP contribution < -0.4 is 5.32 Å². The third-order valence-corrected chi connectivity index (χ3v) is 6.05. The Morgan fingerprint density at radius 1 is 1.25 bits per heavy atom. The lowest BCUT2D eigenvalue weighted by Crippen LogP contribution is -2.41. The van der Waals surface area contributed by atoms with E-state index in [1.807, 2.05) is 20.8 Å². The average Bonchev–Trinajstić information content (AvgIpc) is 2.55. The molecule has 1 fully saturated rings. The summed E-state index contributed by atoms with van der Waals surface area (Å²) < 4.78 is 45.6. The van der Waals surface area contributed by atoms with Gasteiger partial charge in [0.2, 0.25) is 10.0 Å². The SMILES string of the molecule is CC(C)C(C)NC(=O)c1ccc(F)c(S(=O)(=O)N2CCOCC2)c1. The summed E-state index contributed by atoms with van der Waals surface area (Å²) >= 11 is 0. The van der Waals surface area contributed by atoms with Gasteiger partial charge < -0.3 is 10.1 Å². The van der Waals surface area contributed by atoms with Gasteiger partial charge in [0.05, 0.1) is 13.2 Å². The van der Waals surface area contributed by atoms with Gasteiger partial charge in [0.25, 0.3) is 5.91 Å². The number of hydrogen-bond acceptors (Lipinski definition) is 4. The highest BCUT2D eigenvalue weighted by Gasteiger charge is 2.30. The predicted octanol–water partition coefficient (Wildman–Crippen LogP) is 1.62. The van der Waals surface area contributed by atoms with Gasteiger partial charge in [-0.15, -0.1) is 0 Å². The third kappa shape index (κ3) is 4.12. The first-order valence-electron chi connectivity index (χ1n) is 7.92. The van der Waals surface area contributed by atoms with Crippen LogP contribution in [-0.4, -0.2) is 51.0 Å². The highest BCUT2D eigenvalue weighted by atomic mass is 32.2. The fourth-order valence-electron chi connectivity index (χ4n) is 2.23. The van der Waals surface area contributed by atoms with Crippen LogP contribution in [0.2, 0.25) is 0 Å². The molecule has 6 nitrogen and oxygen atoms in total. The van der Waals surface area contributed by atoms with Crippen LogP contribution in [0.15, 0.2) is 23.1 Å². The van der Waals surface area contributed by atoms with Crippen LogP contribution in [0.3, 0.4) is 0 Å². The molecule has 1 aliphatic heterocycles. The second kappa shape index (κ2) is 7.58. The first-order valence-corrected chi connectivity index (χ1v) is 9.36. The third-order valence-electron chi connectivity index (χ3n) is 4.14. The van der Waals surface area contributed by atoms with E-state index in [1.54, 1.807) is 0 Å². The molecule has 24 heavy (non-hydrogen) atoms. The van der Waals surface area contributed by atoms with Crippen molar-refractivity contribution in [2.24, 2.45) is 5.92 Å². The molecule has 1 aromatic rings. The molecule has 134 valence electrons. The number of rotatable bonds is 5. The van der Waals surface area contributed by atoms with Gasteiger partial charge >= 0.3 is 0 Å². The highest BCUT2D eigenvalue weighted by Crippen LogP contribution is 2.22. The molecule has 0 bridgehead atoms. The van der Waals surface area contributed by atoms with Gasteiger partial charge in [-0.25, -0.2) is 12.8 Å². The van der Waals surface area contributed by atoms with E-state index in [1.165, 1.54) is 10.4 Å². The molecule has 0 saturated carbocycles. The number of ether oxygens (including phenoxy) is 1. The van der Waals surface area contributed by atoms with E-state index in [9.17, 15) is 17.6 Å². The van der Waals surface area contributed by atoms with E-state index < -0.39 is 26.6 Å². The van der Waals surface area contributed by atoms with Crippen molar-refractivity contribution in [2.45, 2.75) is 31.7 Å². The summed E-state index contributed by atoms with van der Waals surface area (Å²) in [5, 5.41) is 2.78. The quantitative estimate of drug-likeness (QED) is 0.868. The standard InChI is InChI=1S/C16H23FN2O4S/c1-11(2)12(3)18-16(20)13-4-5-14(17)15(10-13)24(21,22)19-6-8-23-9-7-19/h4-5,10-12H,6-9H2,1-3H3,(H,18,20). The summed E-state index contributed by atoms with van der Waals surface area (Å²) in [6.45, 7) is 6.66. The molecule has 1 heterocycles. The molecule has 0 spiro atoms. The first-order chi connectivity index (χ1) is 11.2. The number of carbonyl (C=O) groups is 1. The maximum absolute atomic E-state index is 14.1. The highest BCUT2D eigenvalue weighted by molar-refractivity contribution is 7.89. The second-order valence-corrected chi connectivity index (χ2v) is 8.07. The second-order valence-electron chi connectivity index (χ2n) is 6.17. The Morgan fingerprint density at radius 3 is 2.46 bits per heavy atom. The predicted molar refractivity (Wildman–Crippen MR) is 87.7 cm³/mol. The van der Waals surface area contributed by atoms with E-state index in [4.69, 9.17) is 4.74 Å². The van der Waals surface area contributed by atoms with Crippen LogP contribution >= 0.6 is 0 Å². The van der Waals surface area contributed by atoms with Gasteiger partial charge in [-0.05, 0) is 31.0 Å². The Balaban J connectivity index is 2.29. The molecule has 8 heteroatoms. The molecule has 1 N–H and O–H groups in total. The number of halogens is 1. The zero-order chi connectivity index (χ0) is 17.9. The van der Waals surface area contributed by atoms with Crippen LogP contribution in [0.4, 0.5) is 4.39 Å². The lowest BCUT2D eigenvalue weighted by Gasteiger charge is -2.26. The summed E-state index contributed by atoms with van der Waals surface area (Å²) in [5.74, 6) is -1.06. The Labute approximate surface area is 142 Å². The molecule has 1 atom stereocenters. The molecular formula is C16H23FN2O4S. The monoisotopic (exact) mass is 358 g/mol.